The third-order valence-electron chi connectivity index (χ3n) is 0.929. The molecule has 0 atom stereocenters. The predicted molar refractivity (Wildman–Crippen MR) is 38.5 cm³/mol. The van der Waals surface area contributed by atoms with E-state index in [0.717, 1.165) is 14.2 Å². The van der Waals surface area contributed by atoms with Crippen LogP contribution in [0.3, 0.4) is 0 Å². The lowest BCUT2D eigenvalue weighted by Gasteiger charge is -2.01. The molecule has 0 radical (unpaired) electrons. The molecule has 0 amide bonds. The number of carbonyl (C=O) groups is 2. The van der Waals surface area contributed by atoms with Crippen LogP contribution in [0.2, 0.25) is 0 Å². The van der Waals surface area contributed by atoms with Crippen molar-refractivity contribution >= 4 is 11.9 Å². The van der Waals surface area contributed by atoms with Crippen molar-refractivity contribution < 1.29 is 39.4 Å². The van der Waals surface area contributed by atoms with E-state index in [1.807, 2.05) is 0 Å². The Labute approximate surface area is 78.1 Å². The minimum Gasteiger partial charge on any atom is -0.499 e. The van der Waals surface area contributed by atoms with Gasteiger partial charge >= 0.3 is 11.9 Å². The van der Waals surface area contributed by atoms with E-state index in [2.05, 4.69) is 19.6 Å². The van der Waals surface area contributed by atoms with Gasteiger partial charge in [0.15, 0.2) is 0 Å². The molecule has 0 fully saturated rings. The van der Waals surface area contributed by atoms with Crippen molar-refractivity contribution in [2.45, 2.75) is 0 Å². The van der Waals surface area contributed by atoms with Crippen LogP contribution in [0.15, 0.2) is 11.5 Å². The van der Waals surface area contributed by atoms with Crippen LogP contribution >= 0.6 is 0 Å². The summed E-state index contributed by atoms with van der Waals surface area (Å²) in [4.78, 5) is 36.6. The molecule has 0 aliphatic carbocycles. The van der Waals surface area contributed by atoms with Crippen LogP contribution in [-0.2, 0) is 29.1 Å². The Balaban J connectivity index is 4.57. The summed E-state index contributed by atoms with van der Waals surface area (Å²) in [5, 5.41) is 17.7. The summed E-state index contributed by atoms with van der Waals surface area (Å²) in [5.41, 5.74) is 0. The fraction of sp³-hybridized carbons (Fsp3) is 0.333. The smallest absolute Gasteiger partial charge is 0.411 e. The molecule has 0 aromatic heterocycles. The zero-order valence-electron chi connectivity index (χ0n) is 7.34. The quantitative estimate of drug-likeness (QED) is 0.276. The topological polar surface area (TPSA) is 112 Å². The van der Waals surface area contributed by atoms with Crippen molar-refractivity contribution in [1.82, 2.24) is 0 Å². The summed E-state index contributed by atoms with van der Waals surface area (Å²) in [6.07, 6.45) is 0. The third-order valence-corrected chi connectivity index (χ3v) is 0.929. The van der Waals surface area contributed by atoms with Crippen LogP contribution in [0.25, 0.3) is 0 Å². The van der Waals surface area contributed by atoms with Gasteiger partial charge in [-0.05, 0) is 0 Å². The van der Waals surface area contributed by atoms with Crippen LogP contribution in [0.4, 0.5) is 0 Å². The molecule has 0 rings (SSSR count). The minimum absolute atomic E-state index is 0.996. The highest BCUT2D eigenvalue weighted by atomic mass is 17.2. The number of carbonyl (C=O) groups excluding carboxylic acids is 2. The SMILES string of the molecule is COOC(=O)/C(O)=C(\O)C(=O)OOC. The molecule has 14 heavy (non-hydrogen) atoms. The lowest BCUT2D eigenvalue weighted by atomic mass is 10.4. The lowest BCUT2D eigenvalue weighted by molar-refractivity contribution is -0.256. The normalized spacial score (nSPS) is 11.6. The van der Waals surface area contributed by atoms with E-state index in [4.69, 9.17) is 10.2 Å². The molecule has 8 heteroatoms. The number of hydrogen-bond donors (Lipinski definition) is 2. The maximum absolute atomic E-state index is 10.6. The molecule has 0 aliphatic rings. The Bertz CT molecular complexity index is 229. The average Bonchev–Trinajstić information content (AvgIpc) is 2.16. The maximum atomic E-state index is 10.6. The molecule has 0 saturated carbocycles. The van der Waals surface area contributed by atoms with Crippen molar-refractivity contribution in [3.05, 3.63) is 11.5 Å². The molecule has 0 aromatic rings. The minimum atomic E-state index is -1.45. The molecule has 2 N–H and O–H groups in total. The van der Waals surface area contributed by atoms with Gasteiger partial charge in [-0.25, -0.2) is 9.59 Å². The van der Waals surface area contributed by atoms with E-state index in [-0.39, 0.29) is 0 Å². The van der Waals surface area contributed by atoms with Gasteiger partial charge in [-0.1, -0.05) is 0 Å². The Hall–Kier alpha value is -1.80. The Kier molecular flexibility index (Phi) is 5.04. The summed E-state index contributed by atoms with van der Waals surface area (Å²) in [6, 6.07) is 0. The maximum Gasteiger partial charge on any atom is 0.411 e. The van der Waals surface area contributed by atoms with Crippen LogP contribution < -0.4 is 0 Å². The van der Waals surface area contributed by atoms with E-state index in [9.17, 15) is 9.59 Å². The third kappa shape index (κ3) is 3.29. The largest absolute Gasteiger partial charge is 0.499 e. The number of aliphatic hydroxyl groups is 2. The highest BCUT2D eigenvalue weighted by Crippen LogP contribution is 2.02. The van der Waals surface area contributed by atoms with Gasteiger partial charge in [0.1, 0.15) is 0 Å². The molecule has 8 nitrogen and oxygen atoms in total. The molecule has 0 unspecified atom stereocenters. The van der Waals surface area contributed by atoms with E-state index < -0.39 is 23.5 Å². The zero-order chi connectivity index (χ0) is 11.1. The summed E-state index contributed by atoms with van der Waals surface area (Å²) in [5.74, 6) is -5.60. The molecule has 0 spiro atoms. The van der Waals surface area contributed by atoms with Crippen LogP contribution in [0.5, 0.6) is 0 Å². The first-order valence-corrected chi connectivity index (χ1v) is 3.16. The fourth-order valence-corrected chi connectivity index (χ4v) is 0.424. The first-order valence-electron chi connectivity index (χ1n) is 3.16. The summed E-state index contributed by atoms with van der Waals surface area (Å²) < 4.78 is 0. The van der Waals surface area contributed by atoms with Crippen molar-refractivity contribution in [3.8, 4) is 0 Å². The molecule has 80 valence electrons. The van der Waals surface area contributed by atoms with E-state index >= 15 is 0 Å². The average molecular weight is 208 g/mol. The highest BCUT2D eigenvalue weighted by molar-refractivity contribution is 5.96. The van der Waals surface area contributed by atoms with Crippen molar-refractivity contribution in [1.29, 1.82) is 0 Å². The van der Waals surface area contributed by atoms with Gasteiger partial charge in [-0.15, -0.1) is 0 Å². The molecule has 0 heterocycles. The standard InChI is InChI=1S/C6H8O8/c1-11-13-5(9)3(7)4(8)6(10)14-12-2/h7-8H,1-2H3/b4-3+. The van der Waals surface area contributed by atoms with E-state index in [0.29, 0.717) is 0 Å². The number of rotatable bonds is 4. The van der Waals surface area contributed by atoms with Crippen molar-refractivity contribution in [2.24, 2.45) is 0 Å². The molecule has 0 saturated heterocycles. The van der Waals surface area contributed by atoms with Gasteiger partial charge in [-0.3, -0.25) is 9.78 Å². The summed E-state index contributed by atoms with van der Waals surface area (Å²) in [7, 11) is 1.99. The fourth-order valence-electron chi connectivity index (χ4n) is 0.424. The molecular formula is C6H8O8. The Morgan fingerprint density at radius 2 is 1.14 bits per heavy atom. The van der Waals surface area contributed by atoms with E-state index in [1.54, 1.807) is 0 Å². The molecule has 0 bridgehead atoms. The van der Waals surface area contributed by atoms with Crippen LogP contribution in [0, 0.1) is 0 Å². The van der Waals surface area contributed by atoms with Gasteiger partial charge in [0, 0.05) is 0 Å². The lowest BCUT2D eigenvalue weighted by Crippen LogP contribution is -2.15. The molecular weight excluding hydrogens is 200 g/mol. The highest BCUT2D eigenvalue weighted by Gasteiger charge is 2.23. The summed E-state index contributed by atoms with van der Waals surface area (Å²) >= 11 is 0. The van der Waals surface area contributed by atoms with Gasteiger partial charge in [-0.2, -0.15) is 9.78 Å². The first-order chi connectivity index (χ1) is 6.54. The van der Waals surface area contributed by atoms with Gasteiger partial charge in [0.25, 0.3) is 11.5 Å². The van der Waals surface area contributed by atoms with Crippen molar-refractivity contribution in [2.75, 3.05) is 14.2 Å². The number of aliphatic hydroxyl groups excluding tert-OH is 2. The Morgan fingerprint density at radius 1 is 0.857 bits per heavy atom. The van der Waals surface area contributed by atoms with Crippen LogP contribution in [0.1, 0.15) is 0 Å². The predicted octanol–water partition coefficient (Wildman–Crippen LogP) is -0.477. The molecule has 0 aliphatic heterocycles. The zero-order valence-corrected chi connectivity index (χ0v) is 7.34. The summed E-state index contributed by atoms with van der Waals surface area (Å²) in [6.45, 7) is 0. The van der Waals surface area contributed by atoms with Gasteiger partial charge in [0.05, 0.1) is 14.2 Å². The van der Waals surface area contributed by atoms with Gasteiger partial charge < -0.3 is 10.2 Å². The van der Waals surface area contributed by atoms with Gasteiger partial charge in [0.2, 0.25) is 0 Å². The second-order valence-electron chi connectivity index (χ2n) is 1.77. The monoisotopic (exact) mass is 208 g/mol. The van der Waals surface area contributed by atoms with Crippen molar-refractivity contribution in [3.63, 3.8) is 0 Å². The van der Waals surface area contributed by atoms with E-state index in [1.165, 1.54) is 0 Å². The number of hydrogen-bond acceptors (Lipinski definition) is 8. The molecule has 0 aromatic carbocycles. The first kappa shape index (κ1) is 12.2. The second kappa shape index (κ2) is 5.78. The second-order valence-corrected chi connectivity index (χ2v) is 1.77. The Morgan fingerprint density at radius 3 is 1.36 bits per heavy atom. The van der Waals surface area contributed by atoms with Crippen LogP contribution in [-0.4, -0.2) is 36.4 Å².